The van der Waals surface area contributed by atoms with Gasteiger partial charge in [0.2, 0.25) is 5.91 Å². The van der Waals surface area contributed by atoms with Crippen molar-refractivity contribution < 1.29 is 23.1 Å². The molecule has 1 rings (SSSR count). The lowest BCUT2D eigenvalue weighted by Crippen LogP contribution is -2.42. The van der Waals surface area contributed by atoms with Crippen molar-refractivity contribution in [2.24, 2.45) is 11.3 Å². The van der Waals surface area contributed by atoms with Crippen molar-refractivity contribution in [3.05, 3.63) is 0 Å². The van der Waals surface area contributed by atoms with Crippen molar-refractivity contribution in [3.8, 4) is 0 Å². The van der Waals surface area contributed by atoms with Crippen LogP contribution < -0.4 is 5.32 Å². The van der Waals surface area contributed by atoms with Crippen LogP contribution in [0.2, 0.25) is 0 Å². The summed E-state index contributed by atoms with van der Waals surface area (Å²) in [6, 6.07) is -0.906. The van der Waals surface area contributed by atoms with Crippen molar-refractivity contribution in [2.45, 2.75) is 45.6 Å². The first-order valence-corrected chi connectivity index (χ1v) is 8.79. The highest BCUT2D eigenvalue weighted by atomic mass is 32.2. The third kappa shape index (κ3) is 5.90. The summed E-state index contributed by atoms with van der Waals surface area (Å²) in [4.78, 5) is 23.0. The van der Waals surface area contributed by atoms with E-state index in [2.05, 4.69) is 5.32 Å². The molecule has 1 fully saturated rings. The van der Waals surface area contributed by atoms with Gasteiger partial charge in [-0.15, -0.1) is 0 Å². The largest absolute Gasteiger partial charge is 0.480 e. The molecule has 1 aliphatic carbocycles. The molecule has 0 unspecified atom stereocenters. The maximum absolute atomic E-state index is 11.9. The van der Waals surface area contributed by atoms with E-state index in [4.69, 9.17) is 5.11 Å². The number of nitrogens with one attached hydrogen (secondary N) is 1. The first kappa shape index (κ1) is 16.9. The number of aliphatic carboxylic acids is 1. The number of carbonyl (C=O) groups is 2. The van der Waals surface area contributed by atoms with Crippen LogP contribution in [0.25, 0.3) is 0 Å². The molecule has 0 bridgehead atoms. The van der Waals surface area contributed by atoms with Crippen LogP contribution in [-0.2, 0) is 19.4 Å². The number of carboxylic acids is 1. The molecule has 1 atom stereocenters. The Labute approximate surface area is 119 Å². The maximum atomic E-state index is 11.9. The van der Waals surface area contributed by atoms with E-state index in [-0.39, 0.29) is 24.0 Å². The van der Waals surface area contributed by atoms with Gasteiger partial charge in [-0.25, -0.2) is 13.2 Å². The van der Waals surface area contributed by atoms with Crippen molar-refractivity contribution in [3.63, 3.8) is 0 Å². The molecule has 0 saturated heterocycles. The van der Waals surface area contributed by atoms with Crippen LogP contribution in [0.3, 0.4) is 0 Å². The molecule has 6 nitrogen and oxygen atoms in total. The van der Waals surface area contributed by atoms with Gasteiger partial charge in [0.15, 0.2) is 0 Å². The fraction of sp³-hybridized carbons (Fsp3) is 0.846. The molecule has 0 radical (unpaired) electrons. The van der Waals surface area contributed by atoms with Gasteiger partial charge in [-0.05, 0) is 30.6 Å². The summed E-state index contributed by atoms with van der Waals surface area (Å²) in [5.74, 6) is -1.28. The van der Waals surface area contributed by atoms with Gasteiger partial charge in [-0.3, -0.25) is 4.79 Å². The molecule has 0 heterocycles. The molecule has 7 heteroatoms. The minimum atomic E-state index is -3.13. The first-order chi connectivity index (χ1) is 9.03. The van der Waals surface area contributed by atoms with Gasteiger partial charge in [-0.1, -0.05) is 13.8 Å². The van der Waals surface area contributed by atoms with E-state index in [1.54, 1.807) is 0 Å². The minimum Gasteiger partial charge on any atom is -0.480 e. The summed E-state index contributed by atoms with van der Waals surface area (Å²) in [6.07, 6.45) is 3.01. The number of rotatable bonds is 8. The third-order valence-corrected chi connectivity index (χ3v) is 4.54. The highest BCUT2D eigenvalue weighted by molar-refractivity contribution is 7.90. The lowest BCUT2D eigenvalue weighted by atomic mass is 10.0. The molecule has 116 valence electrons. The number of amides is 1. The first-order valence-electron chi connectivity index (χ1n) is 6.73. The predicted molar refractivity (Wildman–Crippen MR) is 75.0 cm³/mol. The lowest BCUT2D eigenvalue weighted by molar-refractivity contribution is -0.142. The van der Waals surface area contributed by atoms with Gasteiger partial charge >= 0.3 is 5.97 Å². The number of hydrogen-bond donors (Lipinski definition) is 2. The summed E-state index contributed by atoms with van der Waals surface area (Å²) in [7, 11) is -3.13. The van der Waals surface area contributed by atoms with E-state index in [0.717, 1.165) is 6.26 Å². The molecule has 2 N–H and O–H groups in total. The van der Waals surface area contributed by atoms with Crippen LogP contribution >= 0.6 is 0 Å². The van der Waals surface area contributed by atoms with Crippen LogP contribution in [0.1, 0.15) is 39.5 Å². The molecule has 20 heavy (non-hydrogen) atoms. The fourth-order valence-corrected chi connectivity index (χ4v) is 3.89. The Morgan fingerprint density at radius 3 is 2.20 bits per heavy atom. The van der Waals surface area contributed by atoms with Crippen molar-refractivity contribution in [1.29, 1.82) is 0 Å². The number of carbonyl (C=O) groups excluding carboxylic acids is 1. The van der Waals surface area contributed by atoms with Gasteiger partial charge in [0, 0.05) is 12.7 Å². The molecule has 0 aromatic carbocycles. The molecule has 1 amide bonds. The van der Waals surface area contributed by atoms with Crippen LogP contribution in [0.4, 0.5) is 0 Å². The highest BCUT2D eigenvalue weighted by Gasteiger charge is 2.46. The Bertz CT molecular complexity index is 479. The van der Waals surface area contributed by atoms with Crippen molar-refractivity contribution in [1.82, 2.24) is 5.32 Å². The minimum absolute atomic E-state index is 0.00462. The van der Waals surface area contributed by atoms with Gasteiger partial charge in [0.25, 0.3) is 0 Å². The zero-order valence-corrected chi connectivity index (χ0v) is 13.0. The molecular formula is C13H23NO5S. The van der Waals surface area contributed by atoms with Crippen LogP contribution in [0.15, 0.2) is 0 Å². The van der Waals surface area contributed by atoms with E-state index in [1.807, 2.05) is 13.8 Å². The zero-order valence-electron chi connectivity index (χ0n) is 12.2. The van der Waals surface area contributed by atoms with Crippen LogP contribution in [0.5, 0.6) is 0 Å². The molecule has 0 aromatic rings. The van der Waals surface area contributed by atoms with Crippen LogP contribution in [0, 0.1) is 11.3 Å². The second kappa shape index (κ2) is 6.11. The molecule has 1 aliphatic rings. The van der Waals surface area contributed by atoms with E-state index in [0.29, 0.717) is 19.3 Å². The van der Waals surface area contributed by atoms with E-state index in [9.17, 15) is 18.0 Å². The SMILES string of the molecule is CC(C)C[C@H](NC(=O)CC1(CS(C)(=O)=O)CC1)C(=O)O. The molecule has 0 aliphatic heterocycles. The predicted octanol–water partition coefficient (Wildman–Crippen LogP) is 0.817. The quantitative estimate of drug-likeness (QED) is 0.691. The smallest absolute Gasteiger partial charge is 0.326 e. The molecule has 0 spiro atoms. The van der Waals surface area contributed by atoms with Crippen LogP contribution in [-0.4, -0.2) is 43.5 Å². The Morgan fingerprint density at radius 1 is 1.30 bits per heavy atom. The van der Waals surface area contributed by atoms with Crippen molar-refractivity contribution >= 4 is 21.7 Å². The average molecular weight is 305 g/mol. The monoisotopic (exact) mass is 305 g/mol. The Morgan fingerprint density at radius 2 is 1.85 bits per heavy atom. The number of carboxylic acid groups (broad SMARTS) is 1. The normalized spacial score (nSPS) is 18.6. The average Bonchev–Trinajstić information content (AvgIpc) is 2.92. The summed E-state index contributed by atoms with van der Waals surface area (Å²) in [5, 5.41) is 11.6. The summed E-state index contributed by atoms with van der Waals surface area (Å²) < 4.78 is 22.6. The number of sulfone groups is 1. The van der Waals surface area contributed by atoms with Crippen molar-refractivity contribution in [2.75, 3.05) is 12.0 Å². The standard InChI is InChI=1S/C13H23NO5S/c1-9(2)6-10(12(16)17)14-11(15)7-13(4-5-13)8-20(3,18)19/h9-10H,4-8H2,1-3H3,(H,14,15)(H,16,17)/t10-/m0/s1. The lowest BCUT2D eigenvalue weighted by Gasteiger charge is -2.19. The molecular weight excluding hydrogens is 282 g/mol. The van der Waals surface area contributed by atoms with Gasteiger partial charge in [0.1, 0.15) is 15.9 Å². The van der Waals surface area contributed by atoms with Gasteiger partial charge < -0.3 is 10.4 Å². The number of hydrogen-bond acceptors (Lipinski definition) is 4. The summed E-state index contributed by atoms with van der Waals surface area (Å²) in [5.41, 5.74) is -0.474. The third-order valence-electron chi connectivity index (χ3n) is 3.40. The second-order valence-electron chi connectivity index (χ2n) is 6.33. The Kier molecular flexibility index (Phi) is 5.18. The summed E-state index contributed by atoms with van der Waals surface area (Å²) in [6.45, 7) is 3.77. The van der Waals surface area contributed by atoms with E-state index < -0.39 is 27.3 Å². The molecule has 0 aromatic heterocycles. The Balaban J connectivity index is 2.56. The maximum Gasteiger partial charge on any atom is 0.326 e. The summed E-state index contributed by atoms with van der Waals surface area (Å²) >= 11 is 0. The topological polar surface area (TPSA) is 101 Å². The van der Waals surface area contributed by atoms with E-state index in [1.165, 1.54) is 0 Å². The molecule has 1 saturated carbocycles. The second-order valence-corrected chi connectivity index (χ2v) is 8.47. The van der Waals surface area contributed by atoms with E-state index >= 15 is 0 Å². The van der Waals surface area contributed by atoms with Gasteiger partial charge in [0.05, 0.1) is 5.75 Å². The fourth-order valence-electron chi connectivity index (χ4n) is 2.38. The van der Waals surface area contributed by atoms with Gasteiger partial charge in [-0.2, -0.15) is 0 Å². The zero-order chi connectivity index (χ0) is 15.6. The highest BCUT2D eigenvalue weighted by Crippen LogP contribution is 2.49. The Hall–Kier alpha value is -1.11.